The fourth-order valence-electron chi connectivity index (χ4n) is 4.32. The lowest BCUT2D eigenvalue weighted by molar-refractivity contribution is -0.143. The number of esters is 1. The number of carbonyl (C=O) groups is 1. The van der Waals surface area contributed by atoms with Gasteiger partial charge in [-0.1, -0.05) is 61.0 Å². The Balaban J connectivity index is 1.86. The maximum absolute atomic E-state index is 11.8. The van der Waals surface area contributed by atoms with E-state index >= 15 is 0 Å². The second kappa shape index (κ2) is 10.7. The highest BCUT2D eigenvalue weighted by Gasteiger charge is 2.20. The first-order valence-corrected chi connectivity index (χ1v) is 12.0. The van der Waals surface area contributed by atoms with Crippen molar-refractivity contribution in [2.45, 2.75) is 46.0 Å². The lowest BCUT2D eigenvalue weighted by Gasteiger charge is -2.18. The highest BCUT2D eigenvalue weighted by molar-refractivity contribution is 6.30. The van der Waals surface area contributed by atoms with Crippen LogP contribution in [-0.4, -0.2) is 22.2 Å². The minimum Gasteiger partial charge on any atom is -0.466 e. The number of unbranched alkanes of at least 4 members (excludes halogenated alkanes) is 1. The van der Waals surface area contributed by atoms with E-state index in [0.717, 1.165) is 53.6 Å². The minimum absolute atomic E-state index is 0.136. The van der Waals surface area contributed by atoms with Crippen LogP contribution >= 0.6 is 11.6 Å². The number of aromatic nitrogens is 2. The molecule has 0 spiro atoms. The van der Waals surface area contributed by atoms with Crippen LogP contribution in [0, 0.1) is 0 Å². The van der Waals surface area contributed by atoms with Gasteiger partial charge in [-0.05, 0) is 68.0 Å². The molecule has 5 heteroatoms. The molecule has 4 aromatic rings. The van der Waals surface area contributed by atoms with Crippen molar-refractivity contribution in [1.82, 2.24) is 9.61 Å². The summed E-state index contributed by atoms with van der Waals surface area (Å²) < 4.78 is 7.17. The molecular weight excluding hydrogens is 432 g/mol. The molecule has 2 heterocycles. The molecule has 0 aliphatic carbocycles. The summed E-state index contributed by atoms with van der Waals surface area (Å²) in [4.78, 5) is 11.8. The lowest BCUT2D eigenvalue weighted by Crippen LogP contribution is -2.07. The average molecular weight is 461 g/mol. The molecule has 33 heavy (non-hydrogen) atoms. The highest BCUT2D eigenvalue weighted by atomic mass is 35.5. The van der Waals surface area contributed by atoms with Gasteiger partial charge in [-0.3, -0.25) is 4.79 Å². The number of nitrogens with zero attached hydrogens (tertiary/aromatic N) is 2. The van der Waals surface area contributed by atoms with Crippen molar-refractivity contribution in [1.29, 1.82) is 0 Å². The Kier molecular flexibility index (Phi) is 7.46. The first kappa shape index (κ1) is 23.1. The maximum Gasteiger partial charge on any atom is 0.305 e. The molecule has 4 rings (SSSR count). The van der Waals surface area contributed by atoms with Crippen molar-refractivity contribution < 1.29 is 9.53 Å². The third kappa shape index (κ3) is 5.12. The van der Waals surface area contributed by atoms with Crippen molar-refractivity contribution in [2.24, 2.45) is 0 Å². The Morgan fingerprint density at radius 3 is 2.48 bits per heavy atom. The highest BCUT2D eigenvalue weighted by Crippen LogP contribution is 2.37. The van der Waals surface area contributed by atoms with E-state index in [9.17, 15) is 4.79 Å². The summed E-state index contributed by atoms with van der Waals surface area (Å²) in [7, 11) is 0. The minimum atomic E-state index is -0.136. The first-order chi connectivity index (χ1) is 16.1. The predicted molar refractivity (Wildman–Crippen MR) is 135 cm³/mol. The number of aryl methyl sites for hydroxylation is 1. The molecule has 0 N–H and O–H groups in total. The molecule has 0 aliphatic heterocycles. The standard InChI is InChI=1S/C28H29ClN2O2/c1-3-23-17-18-25-27(21-13-10-14-22(29)19-21)24(15-8-9-16-26(32)33-4-2)28(30-31(23)25)20-11-6-5-7-12-20/h5-7,10-14,17-19H,3-4,8-9,15-16H2,1-2H3. The fraction of sp³-hybridized carbons (Fsp3) is 0.286. The van der Waals surface area contributed by atoms with E-state index in [1.165, 1.54) is 11.3 Å². The van der Waals surface area contributed by atoms with Crippen molar-refractivity contribution in [3.63, 3.8) is 0 Å². The summed E-state index contributed by atoms with van der Waals surface area (Å²) >= 11 is 6.41. The summed E-state index contributed by atoms with van der Waals surface area (Å²) in [6.45, 7) is 4.41. The molecule has 0 aliphatic rings. The van der Waals surface area contributed by atoms with Crippen molar-refractivity contribution in [3.8, 4) is 22.4 Å². The van der Waals surface area contributed by atoms with Crippen LogP contribution in [0.25, 0.3) is 27.9 Å². The van der Waals surface area contributed by atoms with Gasteiger partial charge in [0, 0.05) is 28.3 Å². The Labute approximate surface area is 200 Å². The Morgan fingerprint density at radius 1 is 0.970 bits per heavy atom. The van der Waals surface area contributed by atoms with E-state index in [1.807, 2.05) is 43.3 Å². The number of hydrogen-bond acceptors (Lipinski definition) is 3. The quantitative estimate of drug-likeness (QED) is 0.196. The van der Waals surface area contributed by atoms with Gasteiger partial charge >= 0.3 is 5.97 Å². The van der Waals surface area contributed by atoms with E-state index < -0.39 is 0 Å². The zero-order chi connectivity index (χ0) is 23.2. The largest absolute Gasteiger partial charge is 0.466 e. The number of benzene rings is 2. The van der Waals surface area contributed by atoms with Gasteiger partial charge in [0.1, 0.15) is 0 Å². The van der Waals surface area contributed by atoms with E-state index in [1.54, 1.807) is 0 Å². The molecule has 0 unspecified atom stereocenters. The zero-order valence-electron chi connectivity index (χ0n) is 19.2. The molecule has 0 saturated carbocycles. The Morgan fingerprint density at radius 2 is 1.76 bits per heavy atom. The van der Waals surface area contributed by atoms with Gasteiger partial charge in [0.25, 0.3) is 0 Å². The number of ether oxygens (including phenoxy) is 1. The summed E-state index contributed by atoms with van der Waals surface area (Å²) in [6.07, 6.45) is 3.77. The predicted octanol–water partition coefficient (Wildman–Crippen LogP) is 7.16. The average Bonchev–Trinajstić information content (AvgIpc) is 3.24. The van der Waals surface area contributed by atoms with Gasteiger partial charge in [-0.2, -0.15) is 5.10 Å². The van der Waals surface area contributed by atoms with Crippen molar-refractivity contribution in [3.05, 3.63) is 83.0 Å². The van der Waals surface area contributed by atoms with Crippen LogP contribution in [0.3, 0.4) is 0 Å². The molecule has 170 valence electrons. The van der Waals surface area contributed by atoms with E-state index in [2.05, 4.69) is 41.8 Å². The second-order valence-corrected chi connectivity index (χ2v) is 8.50. The monoisotopic (exact) mass is 460 g/mol. The lowest BCUT2D eigenvalue weighted by atomic mass is 9.92. The van der Waals surface area contributed by atoms with E-state index in [-0.39, 0.29) is 5.97 Å². The molecular formula is C28H29ClN2O2. The fourth-order valence-corrected chi connectivity index (χ4v) is 4.51. The first-order valence-electron chi connectivity index (χ1n) is 11.6. The Hall–Kier alpha value is -3.11. The number of carbonyl (C=O) groups excluding carboxylic acids is 1. The Bertz CT molecular complexity index is 1250. The summed E-state index contributed by atoms with van der Waals surface area (Å²) in [5.74, 6) is -0.136. The van der Waals surface area contributed by atoms with Crippen LogP contribution in [0.2, 0.25) is 5.02 Å². The molecule has 0 saturated heterocycles. The van der Waals surface area contributed by atoms with E-state index in [4.69, 9.17) is 21.4 Å². The zero-order valence-corrected chi connectivity index (χ0v) is 19.9. The second-order valence-electron chi connectivity index (χ2n) is 8.07. The van der Waals surface area contributed by atoms with Gasteiger partial charge in [0.2, 0.25) is 0 Å². The smallest absolute Gasteiger partial charge is 0.305 e. The number of fused-ring (bicyclic) bond motifs is 1. The molecule has 2 aromatic heterocycles. The molecule has 4 nitrogen and oxygen atoms in total. The van der Waals surface area contributed by atoms with Crippen LogP contribution in [-0.2, 0) is 22.4 Å². The summed E-state index contributed by atoms with van der Waals surface area (Å²) in [5, 5.41) is 5.83. The van der Waals surface area contributed by atoms with Gasteiger partial charge < -0.3 is 4.74 Å². The van der Waals surface area contributed by atoms with Crippen LogP contribution in [0.15, 0.2) is 66.7 Å². The molecule has 0 amide bonds. The third-order valence-electron chi connectivity index (χ3n) is 5.86. The number of halogens is 1. The molecule has 2 aromatic carbocycles. The van der Waals surface area contributed by atoms with Crippen molar-refractivity contribution >= 4 is 23.1 Å². The summed E-state index contributed by atoms with van der Waals surface area (Å²) in [6, 6.07) is 22.6. The molecule has 0 atom stereocenters. The van der Waals surface area contributed by atoms with Crippen LogP contribution in [0.5, 0.6) is 0 Å². The van der Waals surface area contributed by atoms with E-state index in [0.29, 0.717) is 18.1 Å². The van der Waals surface area contributed by atoms with Gasteiger partial charge in [-0.25, -0.2) is 4.52 Å². The van der Waals surface area contributed by atoms with Gasteiger partial charge in [0.05, 0.1) is 17.8 Å². The van der Waals surface area contributed by atoms with Gasteiger partial charge in [0.15, 0.2) is 0 Å². The molecule has 0 fully saturated rings. The molecule has 0 bridgehead atoms. The normalized spacial score (nSPS) is 11.1. The van der Waals surface area contributed by atoms with Gasteiger partial charge in [-0.15, -0.1) is 0 Å². The molecule has 0 radical (unpaired) electrons. The van der Waals surface area contributed by atoms with Crippen molar-refractivity contribution in [2.75, 3.05) is 6.61 Å². The summed E-state index contributed by atoms with van der Waals surface area (Å²) in [5.41, 5.74) is 7.71. The SMILES string of the molecule is CCOC(=O)CCCCc1c(-c2ccccc2)nn2c(CC)ccc2c1-c1cccc(Cl)c1. The van der Waals surface area contributed by atoms with Crippen LogP contribution in [0.1, 0.15) is 44.4 Å². The van der Waals surface area contributed by atoms with Crippen LogP contribution in [0.4, 0.5) is 0 Å². The van der Waals surface area contributed by atoms with Crippen LogP contribution < -0.4 is 0 Å². The third-order valence-corrected chi connectivity index (χ3v) is 6.10. The number of hydrogen-bond donors (Lipinski definition) is 0. The topological polar surface area (TPSA) is 43.6 Å². The number of rotatable bonds is 9. The maximum atomic E-state index is 11.8.